The highest BCUT2D eigenvalue weighted by atomic mass is 16.7. The van der Waals surface area contributed by atoms with Gasteiger partial charge in [-0.25, -0.2) is 0 Å². The van der Waals surface area contributed by atoms with Crippen LogP contribution in [0.4, 0.5) is 5.82 Å². The molecule has 78 valence electrons. The Labute approximate surface area is 81.3 Å². The minimum atomic E-state index is -0.921. The lowest BCUT2D eigenvalue weighted by Gasteiger charge is -1.97. The van der Waals surface area contributed by atoms with Crippen LogP contribution in [0, 0.1) is 17.0 Å². The summed E-state index contributed by atoms with van der Waals surface area (Å²) in [5.74, 6) is 0.0233. The molecule has 0 radical (unpaired) electrons. The largest absolute Gasteiger partial charge is 0.348 e. The van der Waals surface area contributed by atoms with Gasteiger partial charge in [0, 0.05) is 6.92 Å². The Morgan fingerprint density at radius 1 is 1.40 bits per heavy atom. The molecule has 2 aromatic heterocycles. The van der Waals surface area contributed by atoms with Crippen LogP contribution in [0.25, 0.3) is 16.9 Å². The van der Waals surface area contributed by atoms with Gasteiger partial charge in [0.05, 0.1) is 10.9 Å². The van der Waals surface area contributed by atoms with Gasteiger partial charge in [-0.05, 0) is 0 Å². The molecule has 0 amide bonds. The summed E-state index contributed by atoms with van der Waals surface area (Å²) in [6.45, 7) is 1.56. The fourth-order valence-corrected chi connectivity index (χ4v) is 0.863. The first-order valence-corrected chi connectivity index (χ1v) is 3.66. The van der Waals surface area contributed by atoms with Crippen molar-refractivity contribution in [3.05, 3.63) is 21.4 Å². The first kappa shape index (κ1) is 9.05. The summed E-state index contributed by atoms with van der Waals surface area (Å²) >= 11 is 0. The highest BCUT2D eigenvalue weighted by Gasteiger charge is 2.14. The van der Waals surface area contributed by atoms with Gasteiger partial charge in [0.25, 0.3) is 0 Å². The molecular formula is C5H3N6O4-. The molecule has 2 heterocycles. The Balaban J connectivity index is 2.36. The van der Waals surface area contributed by atoms with Crippen molar-refractivity contribution in [2.75, 3.05) is 0 Å². The average Bonchev–Trinajstić information content (AvgIpc) is 2.72. The molecule has 2 rings (SSSR count). The fraction of sp³-hybridized carbons (Fsp3) is 0.200. The first-order chi connectivity index (χ1) is 7.16. The van der Waals surface area contributed by atoms with E-state index in [4.69, 9.17) is 0 Å². The molecule has 0 spiro atoms. The molecule has 0 aliphatic heterocycles. The molecule has 0 atom stereocenters. The molecule has 0 fully saturated rings. The SMILES string of the molecule is Cc1nc(-c2nonc2[N-][N+](=O)[O-])no1. The maximum Gasteiger partial charge on any atom is 0.224 e. The normalized spacial score (nSPS) is 10.2. The van der Waals surface area contributed by atoms with Gasteiger partial charge in [-0.1, -0.05) is 10.3 Å². The third-order valence-electron chi connectivity index (χ3n) is 1.39. The molecule has 2 aromatic rings. The van der Waals surface area contributed by atoms with E-state index >= 15 is 0 Å². The van der Waals surface area contributed by atoms with Crippen molar-refractivity contribution >= 4 is 5.82 Å². The third-order valence-corrected chi connectivity index (χ3v) is 1.39. The summed E-state index contributed by atoms with van der Waals surface area (Å²) in [5, 5.41) is 19.3. The van der Waals surface area contributed by atoms with Crippen molar-refractivity contribution in [2.45, 2.75) is 6.92 Å². The van der Waals surface area contributed by atoms with Crippen LogP contribution in [-0.4, -0.2) is 25.5 Å². The van der Waals surface area contributed by atoms with Crippen LogP contribution in [0.15, 0.2) is 9.15 Å². The van der Waals surface area contributed by atoms with Gasteiger partial charge in [0.2, 0.25) is 11.7 Å². The Bertz CT molecular complexity index is 489. The zero-order valence-electron chi connectivity index (χ0n) is 7.32. The van der Waals surface area contributed by atoms with Crippen LogP contribution in [0.3, 0.4) is 0 Å². The number of nitro groups is 1. The predicted molar refractivity (Wildman–Crippen MR) is 42.3 cm³/mol. The van der Waals surface area contributed by atoms with E-state index in [9.17, 15) is 10.1 Å². The van der Waals surface area contributed by atoms with Gasteiger partial charge in [-0.15, -0.1) is 5.43 Å². The quantitative estimate of drug-likeness (QED) is 0.532. The predicted octanol–water partition coefficient (Wildman–Crippen LogP) is 0.625. The van der Waals surface area contributed by atoms with E-state index in [2.05, 4.69) is 35.0 Å². The van der Waals surface area contributed by atoms with E-state index in [1.165, 1.54) is 0 Å². The molecule has 15 heavy (non-hydrogen) atoms. The van der Waals surface area contributed by atoms with Gasteiger partial charge in [0.15, 0.2) is 5.69 Å². The minimum Gasteiger partial charge on any atom is -0.348 e. The lowest BCUT2D eigenvalue weighted by molar-refractivity contribution is -0.419. The maximum atomic E-state index is 10.1. The van der Waals surface area contributed by atoms with Gasteiger partial charge < -0.3 is 9.15 Å². The highest BCUT2D eigenvalue weighted by molar-refractivity contribution is 5.64. The second-order valence-electron chi connectivity index (χ2n) is 2.41. The lowest BCUT2D eigenvalue weighted by atomic mass is 10.4. The smallest absolute Gasteiger partial charge is 0.224 e. The zero-order valence-corrected chi connectivity index (χ0v) is 7.32. The number of nitrogens with zero attached hydrogens (tertiary/aromatic N) is 6. The molecule has 0 aromatic carbocycles. The van der Waals surface area contributed by atoms with E-state index < -0.39 is 5.03 Å². The maximum absolute atomic E-state index is 10.1. The second kappa shape index (κ2) is 3.32. The number of aryl methyl sites for hydroxylation is 1. The summed E-state index contributed by atoms with van der Waals surface area (Å²) < 4.78 is 8.96. The van der Waals surface area contributed by atoms with Crippen LogP contribution in [0.1, 0.15) is 5.89 Å². The van der Waals surface area contributed by atoms with Crippen molar-refractivity contribution in [2.24, 2.45) is 0 Å². The highest BCUT2D eigenvalue weighted by Crippen LogP contribution is 2.26. The van der Waals surface area contributed by atoms with Crippen LogP contribution < -0.4 is 0 Å². The number of rotatable bonds is 3. The van der Waals surface area contributed by atoms with Gasteiger partial charge >= 0.3 is 0 Å². The zero-order chi connectivity index (χ0) is 10.8. The van der Waals surface area contributed by atoms with Gasteiger partial charge in [0.1, 0.15) is 0 Å². The fourth-order valence-electron chi connectivity index (χ4n) is 0.863. The number of aromatic nitrogens is 4. The van der Waals surface area contributed by atoms with Crippen LogP contribution in [0.2, 0.25) is 0 Å². The van der Waals surface area contributed by atoms with Crippen molar-refractivity contribution in [1.82, 2.24) is 20.5 Å². The molecular weight excluding hydrogens is 208 g/mol. The van der Waals surface area contributed by atoms with E-state index in [1.807, 2.05) is 0 Å². The van der Waals surface area contributed by atoms with Crippen molar-refractivity contribution in [1.29, 1.82) is 0 Å². The average molecular weight is 211 g/mol. The molecule has 0 saturated carbocycles. The van der Waals surface area contributed by atoms with Crippen molar-refractivity contribution in [3.63, 3.8) is 0 Å². The molecule has 0 N–H and O–H groups in total. The summed E-state index contributed by atoms with van der Waals surface area (Å²) in [6, 6.07) is 0. The Kier molecular flexibility index (Phi) is 2.00. The first-order valence-electron chi connectivity index (χ1n) is 3.66. The molecule has 0 saturated heterocycles. The summed E-state index contributed by atoms with van der Waals surface area (Å²) in [7, 11) is 0. The van der Waals surface area contributed by atoms with E-state index in [1.54, 1.807) is 6.92 Å². The minimum absolute atomic E-state index is 0.0364. The third kappa shape index (κ3) is 1.72. The van der Waals surface area contributed by atoms with E-state index in [0.29, 0.717) is 5.89 Å². The standard InChI is InChI=1S/C5H3N6O4/c1-2-6-4(9-14-2)3-5(7-11(12)13)10-15-8-3/h1H3/q-1. The van der Waals surface area contributed by atoms with Crippen LogP contribution in [-0.2, 0) is 0 Å². The van der Waals surface area contributed by atoms with Gasteiger partial charge in [-0.2, -0.15) is 4.98 Å². The molecule has 0 unspecified atom stereocenters. The Hall–Kier alpha value is -2.52. The molecule has 10 heteroatoms. The van der Waals surface area contributed by atoms with Crippen molar-refractivity contribution < 1.29 is 14.2 Å². The summed E-state index contributed by atoms with van der Waals surface area (Å²) in [5.41, 5.74) is 2.90. The Morgan fingerprint density at radius 2 is 2.20 bits per heavy atom. The molecule has 10 nitrogen and oxygen atoms in total. The topological polar surface area (TPSA) is 135 Å². The Morgan fingerprint density at radius 3 is 2.80 bits per heavy atom. The van der Waals surface area contributed by atoms with Gasteiger partial charge in [-0.3, -0.25) is 15.3 Å². The molecule has 0 aliphatic carbocycles. The molecule has 0 aliphatic rings. The van der Waals surface area contributed by atoms with E-state index in [-0.39, 0.29) is 17.3 Å². The van der Waals surface area contributed by atoms with Crippen molar-refractivity contribution in [3.8, 4) is 11.5 Å². The van der Waals surface area contributed by atoms with Crippen LogP contribution >= 0.6 is 0 Å². The molecule has 0 bridgehead atoms. The van der Waals surface area contributed by atoms with E-state index in [0.717, 1.165) is 0 Å². The second-order valence-corrected chi connectivity index (χ2v) is 2.41. The number of hydrogen-bond donors (Lipinski definition) is 0. The number of hydrogen-bond acceptors (Lipinski definition) is 8. The summed E-state index contributed by atoms with van der Waals surface area (Å²) in [4.78, 5) is 13.9. The lowest BCUT2D eigenvalue weighted by Crippen LogP contribution is -1.89. The van der Waals surface area contributed by atoms with Crippen LogP contribution in [0.5, 0.6) is 0 Å². The monoisotopic (exact) mass is 211 g/mol. The summed E-state index contributed by atoms with van der Waals surface area (Å²) in [6.07, 6.45) is 0.